The van der Waals surface area contributed by atoms with E-state index in [-0.39, 0.29) is 5.91 Å². The molecule has 1 N–H and O–H groups in total. The van der Waals surface area contributed by atoms with Crippen molar-refractivity contribution < 1.29 is 13.9 Å². The molecule has 27 heavy (non-hydrogen) atoms. The quantitative estimate of drug-likeness (QED) is 0.587. The number of aromatic nitrogens is 1. The predicted molar refractivity (Wildman–Crippen MR) is 110 cm³/mol. The van der Waals surface area contributed by atoms with Gasteiger partial charge in [-0.1, -0.05) is 39.4 Å². The van der Waals surface area contributed by atoms with Crippen LogP contribution in [-0.4, -0.2) is 37.2 Å². The van der Waals surface area contributed by atoms with Crippen LogP contribution in [0.25, 0.3) is 11.5 Å². The van der Waals surface area contributed by atoms with E-state index in [1.54, 1.807) is 6.26 Å². The summed E-state index contributed by atoms with van der Waals surface area (Å²) in [6.07, 6.45) is 1.63. The van der Waals surface area contributed by atoms with Gasteiger partial charge in [0.25, 0.3) is 5.91 Å². The van der Waals surface area contributed by atoms with E-state index >= 15 is 0 Å². The molecule has 1 aromatic carbocycles. The van der Waals surface area contributed by atoms with Crippen LogP contribution in [0.2, 0.25) is 0 Å². The van der Waals surface area contributed by atoms with Crippen LogP contribution >= 0.6 is 27.3 Å². The van der Waals surface area contributed by atoms with E-state index in [1.807, 2.05) is 36.4 Å². The number of morpholine rings is 1. The number of benzene rings is 1. The summed E-state index contributed by atoms with van der Waals surface area (Å²) >= 11 is 4.86. The maximum atomic E-state index is 12.6. The summed E-state index contributed by atoms with van der Waals surface area (Å²) in [6.45, 7) is 2.93. The lowest BCUT2D eigenvalue weighted by molar-refractivity contribution is 0.102. The smallest absolute Gasteiger partial charge is 0.257 e. The highest BCUT2D eigenvalue weighted by Gasteiger charge is 2.23. The van der Waals surface area contributed by atoms with Gasteiger partial charge >= 0.3 is 0 Å². The first kappa shape index (κ1) is 18.2. The second kappa shape index (κ2) is 8.24. The van der Waals surface area contributed by atoms with Crippen molar-refractivity contribution in [3.63, 3.8) is 0 Å². The molecule has 2 aromatic heterocycles. The van der Waals surface area contributed by atoms with Crippen LogP contribution in [0.1, 0.15) is 15.9 Å². The summed E-state index contributed by atoms with van der Waals surface area (Å²) in [5, 5.41) is 5.21. The molecule has 140 valence electrons. The second-order valence-corrected chi connectivity index (χ2v) is 7.57. The third-order valence-electron chi connectivity index (χ3n) is 4.25. The van der Waals surface area contributed by atoms with Crippen molar-refractivity contribution in [2.45, 2.75) is 5.33 Å². The first-order valence-electron chi connectivity index (χ1n) is 8.58. The number of thiazole rings is 1. The van der Waals surface area contributed by atoms with Gasteiger partial charge < -0.3 is 14.1 Å². The summed E-state index contributed by atoms with van der Waals surface area (Å²) in [5.74, 6) is 0.513. The highest BCUT2D eigenvalue weighted by atomic mass is 79.9. The number of nitrogens with one attached hydrogen (secondary N) is 1. The molecule has 0 saturated carbocycles. The third-order valence-corrected chi connectivity index (χ3v) is 5.93. The van der Waals surface area contributed by atoms with E-state index < -0.39 is 0 Å². The molecule has 0 bridgehead atoms. The number of rotatable bonds is 5. The number of hydrogen-bond acceptors (Lipinski definition) is 6. The Labute approximate surface area is 169 Å². The number of hydrogen-bond donors (Lipinski definition) is 1. The SMILES string of the molecule is O=C(Nc1nc(-c2ccco2)c(N2CCOCC2)s1)c1ccc(CBr)cc1. The molecule has 1 aliphatic rings. The number of carbonyl (C=O) groups is 1. The molecule has 0 unspecified atom stereocenters. The zero-order chi connectivity index (χ0) is 18.6. The average molecular weight is 448 g/mol. The van der Waals surface area contributed by atoms with Crippen LogP contribution < -0.4 is 10.2 Å². The van der Waals surface area contributed by atoms with Gasteiger partial charge in [-0.05, 0) is 29.8 Å². The van der Waals surface area contributed by atoms with Gasteiger partial charge in [0.1, 0.15) is 10.7 Å². The van der Waals surface area contributed by atoms with Crippen molar-refractivity contribution >= 4 is 43.3 Å². The summed E-state index contributed by atoms with van der Waals surface area (Å²) in [7, 11) is 0. The van der Waals surface area contributed by atoms with Crippen molar-refractivity contribution in [3.8, 4) is 11.5 Å². The van der Waals surface area contributed by atoms with E-state index in [1.165, 1.54) is 11.3 Å². The molecular formula is C19H18BrN3O3S. The Morgan fingerprint density at radius 2 is 2.00 bits per heavy atom. The average Bonchev–Trinajstić information content (AvgIpc) is 3.38. The molecule has 1 amide bonds. The molecule has 0 radical (unpaired) electrons. The molecule has 4 rings (SSSR count). The molecule has 8 heteroatoms. The number of furan rings is 1. The van der Waals surface area contributed by atoms with E-state index in [2.05, 4.69) is 31.1 Å². The Balaban J connectivity index is 1.59. The molecule has 3 heterocycles. The summed E-state index contributed by atoms with van der Waals surface area (Å²) in [5.41, 5.74) is 2.47. The molecule has 0 aliphatic carbocycles. The van der Waals surface area contributed by atoms with Crippen LogP contribution in [0.4, 0.5) is 10.1 Å². The van der Waals surface area contributed by atoms with E-state index in [0.29, 0.717) is 29.7 Å². The zero-order valence-corrected chi connectivity index (χ0v) is 16.9. The monoisotopic (exact) mass is 447 g/mol. The first-order chi connectivity index (χ1) is 13.2. The van der Waals surface area contributed by atoms with E-state index in [0.717, 1.165) is 34.7 Å². The Hall–Kier alpha value is -2.16. The molecule has 6 nitrogen and oxygen atoms in total. The largest absolute Gasteiger partial charge is 0.463 e. The molecule has 1 saturated heterocycles. The van der Waals surface area contributed by atoms with Gasteiger partial charge in [0.15, 0.2) is 10.9 Å². The van der Waals surface area contributed by atoms with Crippen molar-refractivity contribution in [1.29, 1.82) is 0 Å². The molecule has 1 aliphatic heterocycles. The number of halogens is 1. The zero-order valence-electron chi connectivity index (χ0n) is 14.5. The fourth-order valence-corrected chi connectivity index (χ4v) is 4.23. The minimum atomic E-state index is -0.176. The maximum Gasteiger partial charge on any atom is 0.257 e. The molecule has 1 fully saturated rings. The highest BCUT2D eigenvalue weighted by Crippen LogP contribution is 2.39. The molecule has 0 spiro atoms. The lowest BCUT2D eigenvalue weighted by Crippen LogP contribution is -2.35. The van der Waals surface area contributed by atoms with Crippen molar-refractivity contribution in [2.75, 3.05) is 36.5 Å². The van der Waals surface area contributed by atoms with Crippen LogP contribution in [0.5, 0.6) is 0 Å². The number of ether oxygens (including phenoxy) is 1. The van der Waals surface area contributed by atoms with Gasteiger partial charge in [-0.25, -0.2) is 4.98 Å². The number of alkyl halides is 1. The van der Waals surface area contributed by atoms with Gasteiger partial charge in [-0.3, -0.25) is 10.1 Å². The number of anilines is 2. The van der Waals surface area contributed by atoms with E-state index in [4.69, 9.17) is 9.15 Å². The summed E-state index contributed by atoms with van der Waals surface area (Å²) in [6, 6.07) is 11.2. The summed E-state index contributed by atoms with van der Waals surface area (Å²) in [4.78, 5) is 19.4. The van der Waals surface area contributed by atoms with Crippen LogP contribution in [-0.2, 0) is 10.1 Å². The highest BCUT2D eigenvalue weighted by molar-refractivity contribution is 9.08. The fourth-order valence-electron chi connectivity index (χ4n) is 2.83. The Morgan fingerprint density at radius 1 is 1.22 bits per heavy atom. The minimum absolute atomic E-state index is 0.176. The van der Waals surface area contributed by atoms with Crippen molar-refractivity contribution in [1.82, 2.24) is 4.98 Å². The van der Waals surface area contributed by atoms with E-state index in [9.17, 15) is 4.79 Å². The Bertz CT molecular complexity index is 903. The fraction of sp³-hybridized carbons (Fsp3) is 0.263. The molecule has 0 atom stereocenters. The standard InChI is InChI=1S/C19H18BrN3O3S/c20-12-13-3-5-14(6-4-13)17(24)22-19-21-16(15-2-1-9-26-15)18(27-19)23-7-10-25-11-8-23/h1-6,9H,7-8,10-12H2,(H,21,22,24). The normalized spacial score (nSPS) is 14.3. The lowest BCUT2D eigenvalue weighted by atomic mass is 10.1. The number of amides is 1. The predicted octanol–water partition coefficient (Wildman–Crippen LogP) is 4.39. The number of nitrogens with zero attached hydrogens (tertiary/aromatic N) is 2. The van der Waals surface area contributed by atoms with Gasteiger partial charge in [0.05, 0.1) is 19.5 Å². The summed E-state index contributed by atoms with van der Waals surface area (Å²) < 4.78 is 11.0. The molecule has 3 aromatic rings. The van der Waals surface area contributed by atoms with Crippen LogP contribution in [0, 0.1) is 0 Å². The Kier molecular flexibility index (Phi) is 5.56. The second-order valence-electron chi connectivity index (χ2n) is 6.03. The van der Waals surface area contributed by atoms with Gasteiger partial charge in [-0.2, -0.15) is 0 Å². The maximum absolute atomic E-state index is 12.6. The third kappa shape index (κ3) is 4.07. The lowest BCUT2D eigenvalue weighted by Gasteiger charge is -2.27. The first-order valence-corrected chi connectivity index (χ1v) is 10.5. The van der Waals surface area contributed by atoms with Gasteiger partial charge in [0.2, 0.25) is 0 Å². The van der Waals surface area contributed by atoms with Crippen molar-refractivity contribution in [2.24, 2.45) is 0 Å². The topological polar surface area (TPSA) is 67.6 Å². The van der Waals surface area contributed by atoms with Crippen LogP contribution in [0.3, 0.4) is 0 Å². The Morgan fingerprint density at radius 3 is 2.67 bits per heavy atom. The van der Waals surface area contributed by atoms with Gasteiger partial charge in [-0.15, -0.1) is 0 Å². The number of carbonyl (C=O) groups excluding carboxylic acids is 1. The van der Waals surface area contributed by atoms with Crippen molar-refractivity contribution in [3.05, 3.63) is 53.8 Å². The molecular weight excluding hydrogens is 430 g/mol. The minimum Gasteiger partial charge on any atom is -0.463 e. The van der Waals surface area contributed by atoms with Gasteiger partial charge in [0, 0.05) is 24.0 Å². The van der Waals surface area contributed by atoms with Crippen LogP contribution in [0.15, 0.2) is 47.1 Å².